The number of aromatic nitrogens is 1. The molecular weight excluding hydrogens is 396 g/mol. The molecule has 1 aromatic heterocycles. The highest BCUT2D eigenvalue weighted by Gasteiger charge is 2.34. The third kappa shape index (κ3) is 3.67. The SMILES string of the molecule is CC(C1CCC(c2noc3c2CCCC3)CC1)N1C(=N)CNCc2cc(Cl)ccc21. The Kier molecular flexibility index (Phi) is 5.59. The number of halogens is 1. The summed E-state index contributed by atoms with van der Waals surface area (Å²) in [4.78, 5) is 2.24. The summed E-state index contributed by atoms with van der Waals surface area (Å²) in [5.74, 6) is 2.91. The fourth-order valence-electron chi connectivity index (χ4n) is 5.76. The van der Waals surface area contributed by atoms with E-state index in [1.807, 2.05) is 12.1 Å². The van der Waals surface area contributed by atoms with Crippen LogP contribution in [0.2, 0.25) is 5.02 Å². The van der Waals surface area contributed by atoms with Gasteiger partial charge < -0.3 is 14.7 Å². The molecule has 1 aromatic carbocycles. The van der Waals surface area contributed by atoms with Crippen LogP contribution in [0.1, 0.15) is 73.9 Å². The molecule has 0 spiro atoms. The van der Waals surface area contributed by atoms with Crippen molar-refractivity contribution in [2.24, 2.45) is 5.92 Å². The van der Waals surface area contributed by atoms with Crippen LogP contribution in [-0.2, 0) is 19.4 Å². The second-order valence-corrected chi connectivity index (χ2v) is 9.66. The Labute approximate surface area is 183 Å². The number of amidine groups is 1. The van der Waals surface area contributed by atoms with E-state index < -0.39 is 0 Å². The van der Waals surface area contributed by atoms with Crippen molar-refractivity contribution in [3.63, 3.8) is 0 Å². The normalized spacial score (nSPS) is 25.4. The molecule has 2 heterocycles. The molecule has 2 aromatic rings. The number of hydrogen-bond acceptors (Lipinski definition) is 4. The molecule has 1 aliphatic heterocycles. The van der Waals surface area contributed by atoms with Crippen molar-refractivity contribution in [1.82, 2.24) is 10.5 Å². The fraction of sp³-hybridized carbons (Fsp3) is 0.583. The molecule has 1 atom stereocenters. The van der Waals surface area contributed by atoms with Crippen LogP contribution in [0.15, 0.2) is 22.7 Å². The third-order valence-electron chi connectivity index (χ3n) is 7.43. The Bertz CT molecular complexity index is 931. The molecule has 6 heteroatoms. The van der Waals surface area contributed by atoms with Crippen molar-refractivity contribution in [2.45, 2.75) is 76.8 Å². The molecule has 5 nitrogen and oxygen atoms in total. The summed E-state index contributed by atoms with van der Waals surface area (Å²) in [6.07, 6.45) is 9.38. The van der Waals surface area contributed by atoms with Gasteiger partial charge in [0.25, 0.3) is 0 Å². The van der Waals surface area contributed by atoms with Crippen LogP contribution in [-0.4, -0.2) is 23.6 Å². The zero-order chi connectivity index (χ0) is 20.7. The smallest absolute Gasteiger partial charge is 0.140 e. The summed E-state index contributed by atoms with van der Waals surface area (Å²) in [7, 11) is 0. The van der Waals surface area contributed by atoms with Gasteiger partial charge in [-0.05, 0) is 81.5 Å². The van der Waals surface area contributed by atoms with Gasteiger partial charge in [0.05, 0.1) is 12.2 Å². The van der Waals surface area contributed by atoms with Gasteiger partial charge in [-0.3, -0.25) is 5.41 Å². The Balaban J connectivity index is 1.31. The summed E-state index contributed by atoms with van der Waals surface area (Å²) in [5, 5.41) is 17.3. The van der Waals surface area contributed by atoms with Crippen molar-refractivity contribution in [2.75, 3.05) is 11.4 Å². The highest BCUT2D eigenvalue weighted by Crippen LogP contribution is 2.42. The first kappa shape index (κ1) is 20.1. The van der Waals surface area contributed by atoms with Crippen LogP contribution in [0.25, 0.3) is 0 Å². The number of benzene rings is 1. The minimum Gasteiger partial charge on any atom is -0.361 e. The monoisotopic (exact) mass is 426 g/mol. The van der Waals surface area contributed by atoms with Gasteiger partial charge in [0.15, 0.2) is 0 Å². The van der Waals surface area contributed by atoms with Gasteiger partial charge in [-0.2, -0.15) is 0 Å². The van der Waals surface area contributed by atoms with Crippen LogP contribution in [0, 0.1) is 11.3 Å². The molecule has 5 rings (SSSR count). The van der Waals surface area contributed by atoms with Crippen LogP contribution in [0.5, 0.6) is 0 Å². The molecule has 0 saturated heterocycles. The second kappa shape index (κ2) is 8.35. The topological polar surface area (TPSA) is 65.2 Å². The molecule has 0 bridgehead atoms. The lowest BCUT2D eigenvalue weighted by molar-refractivity contribution is 0.281. The van der Waals surface area contributed by atoms with Gasteiger partial charge in [0, 0.05) is 41.2 Å². The number of rotatable bonds is 3. The average molecular weight is 427 g/mol. The maximum absolute atomic E-state index is 8.69. The van der Waals surface area contributed by atoms with E-state index in [-0.39, 0.29) is 0 Å². The van der Waals surface area contributed by atoms with E-state index in [2.05, 4.69) is 28.4 Å². The summed E-state index contributed by atoms with van der Waals surface area (Å²) in [6, 6.07) is 6.36. The molecule has 30 heavy (non-hydrogen) atoms. The van der Waals surface area contributed by atoms with E-state index in [0.717, 1.165) is 35.9 Å². The first-order valence-corrected chi connectivity index (χ1v) is 11.8. The molecule has 3 aliphatic rings. The summed E-state index contributed by atoms with van der Waals surface area (Å²) >= 11 is 6.24. The highest BCUT2D eigenvalue weighted by molar-refractivity contribution is 6.30. The quantitative estimate of drug-likeness (QED) is 0.684. The lowest BCUT2D eigenvalue weighted by Gasteiger charge is -2.39. The van der Waals surface area contributed by atoms with Crippen LogP contribution >= 0.6 is 11.6 Å². The van der Waals surface area contributed by atoms with Crippen LogP contribution < -0.4 is 10.2 Å². The van der Waals surface area contributed by atoms with E-state index in [0.29, 0.717) is 30.3 Å². The van der Waals surface area contributed by atoms with Gasteiger partial charge in [-0.15, -0.1) is 0 Å². The number of nitrogens with one attached hydrogen (secondary N) is 2. The Morgan fingerprint density at radius 1 is 1.17 bits per heavy atom. The molecule has 1 fully saturated rings. The highest BCUT2D eigenvalue weighted by atomic mass is 35.5. The molecule has 0 radical (unpaired) electrons. The lowest BCUT2D eigenvalue weighted by Crippen LogP contribution is -2.45. The molecular formula is C24H31ClN4O. The fourth-order valence-corrected chi connectivity index (χ4v) is 5.95. The standard InChI is InChI=1S/C24H31ClN4O/c1-15(29-21-11-10-19(25)12-18(21)13-27-14-23(29)26)16-6-8-17(9-7-16)24-20-4-2-3-5-22(20)30-28-24/h10-12,15-17,26-27H,2-9,13-14H2,1H3. The second-order valence-electron chi connectivity index (χ2n) is 9.22. The Hall–Kier alpha value is -1.85. The average Bonchev–Trinajstić information content (AvgIpc) is 3.12. The number of anilines is 1. The third-order valence-corrected chi connectivity index (χ3v) is 7.66. The molecule has 1 saturated carbocycles. The molecule has 0 amide bonds. The van der Waals surface area contributed by atoms with Gasteiger partial charge in [-0.25, -0.2) is 0 Å². The largest absolute Gasteiger partial charge is 0.361 e. The first-order valence-electron chi connectivity index (χ1n) is 11.4. The van der Waals surface area contributed by atoms with Gasteiger partial charge in [-0.1, -0.05) is 16.8 Å². The molecule has 1 unspecified atom stereocenters. The number of fused-ring (bicyclic) bond motifs is 2. The van der Waals surface area contributed by atoms with E-state index in [1.54, 1.807) is 0 Å². The minimum absolute atomic E-state index is 0.296. The lowest BCUT2D eigenvalue weighted by atomic mass is 9.76. The van der Waals surface area contributed by atoms with E-state index in [4.69, 9.17) is 21.5 Å². The first-order chi connectivity index (χ1) is 14.6. The summed E-state index contributed by atoms with van der Waals surface area (Å²) in [6.45, 7) is 3.64. The van der Waals surface area contributed by atoms with E-state index in [9.17, 15) is 0 Å². The maximum Gasteiger partial charge on any atom is 0.140 e. The molecule has 160 valence electrons. The van der Waals surface area contributed by atoms with Gasteiger partial charge >= 0.3 is 0 Å². The number of nitrogens with zero attached hydrogens (tertiary/aromatic N) is 2. The minimum atomic E-state index is 0.296. The van der Waals surface area contributed by atoms with Crippen molar-refractivity contribution in [3.05, 3.63) is 45.8 Å². The van der Waals surface area contributed by atoms with Crippen LogP contribution in [0.4, 0.5) is 5.69 Å². The van der Waals surface area contributed by atoms with Gasteiger partial charge in [0.2, 0.25) is 0 Å². The number of aryl methyl sites for hydroxylation is 1. The van der Waals surface area contributed by atoms with Crippen molar-refractivity contribution < 1.29 is 4.52 Å². The van der Waals surface area contributed by atoms with Gasteiger partial charge in [0.1, 0.15) is 11.6 Å². The van der Waals surface area contributed by atoms with E-state index >= 15 is 0 Å². The zero-order valence-electron chi connectivity index (χ0n) is 17.7. The zero-order valence-corrected chi connectivity index (χ0v) is 18.5. The summed E-state index contributed by atoms with van der Waals surface area (Å²) in [5.41, 5.74) is 4.99. The van der Waals surface area contributed by atoms with Crippen molar-refractivity contribution in [1.29, 1.82) is 5.41 Å². The Morgan fingerprint density at radius 2 is 1.97 bits per heavy atom. The predicted octanol–water partition coefficient (Wildman–Crippen LogP) is 5.46. The maximum atomic E-state index is 8.69. The predicted molar refractivity (Wildman–Crippen MR) is 121 cm³/mol. The van der Waals surface area contributed by atoms with Crippen LogP contribution in [0.3, 0.4) is 0 Å². The van der Waals surface area contributed by atoms with Crippen molar-refractivity contribution in [3.8, 4) is 0 Å². The number of hydrogen-bond donors (Lipinski definition) is 2. The van der Waals surface area contributed by atoms with E-state index in [1.165, 1.54) is 55.3 Å². The van der Waals surface area contributed by atoms with Crippen molar-refractivity contribution >= 4 is 23.1 Å². The Morgan fingerprint density at radius 3 is 2.80 bits per heavy atom. The molecule has 2 aliphatic carbocycles. The summed E-state index contributed by atoms with van der Waals surface area (Å²) < 4.78 is 5.68. The molecule has 2 N–H and O–H groups in total.